The van der Waals surface area contributed by atoms with Gasteiger partial charge in [0.05, 0.1) is 0 Å². The first kappa shape index (κ1) is 22.1. The summed E-state index contributed by atoms with van der Waals surface area (Å²) < 4.78 is 10.9. The van der Waals surface area contributed by atoms with Crippen LogP contribution in [0.3, 0.4) is 0 Å². The van der Waals surface area contributed by atoms with Crippen LogP contribution in [-0.2, 0) is 6.61 Å². The first-order chi connectivity index (χ1) is 14.9. The van der Waals surface area contributed by atoms with Gasteiger partial charge in [-0.15, -0.1) is 0 Å². The number of ether oxygens (including phenoxy) is 1. The van der Waals surface area contributed by atoms with E-state index >= 15 is 0 Å². The number of nitrogens with zero attached hydrogens (tertiary/aromatic N) is 1. The van der Waals surface area contributed by atoms with Crippen molar-refractivity contribution in [1.29, 1.82) is 0 Å². The van der Waals surface area contributed by atoms with E-state index in [2.05, 4.69) is 29.6 Å². The second kappa shape index (κ2) is 10.4. The standard InChI is InChI=1S/C24H27N3O4/c1-16(2)12-13-25-24(29)22-14-21(31-27-22)15-30-20-10-8-19(9-11-20)26-23(28)18-6-4-17(3)5-7-18/h4-11,14,16H,12-13,15H2,1-3H3,(H,25,29)(H,26,28). The molecule has 0 aliphatic rings. The highest BCUT2D eigenvalue weighted by Gasteiger charge is 2.13. The molecule has 3 aromatic rings. The summed E-state index contributed by atoms with van der Waals surface area (Å²) in [7, 11) is 0. The molecule has 1 aromatic heterocycles. The first-order valence-corrected chi connectivity index (χ1v) is 10.3. The van der Waals surface area contributed by atoms with Gasteiger partial charge >= 0.3 is 0 Å². The van der Waals surface area contributed by atoms with E-state index < -0.39 is 0 Å². The van der Waals surface area contributed by atoms with Gasteiger partial charge in [-0.05, 0) is 55.7 Å². The number of rotatable bonds is 9. The fourth-order valence-electron chi connectivity index (χ4n) is 2.75. The Labute approximate surface area is 181 Å². The average molecular weight is 421 g/mol. The van der Waals surface area contributed by atoms with E-state index in [0.717, 1.165) is 12.0 Å². The van der Waals surface area contributed by atoms with Gasteiger partial charge in [-0.25, -0.2) is 0 Å². The third kappa shape index (κ3) is 6.70. The van der Waals surface area contributed by atoms with Crippen molar-refractivity contribution in [3.63, 3.8) is 0 Å². The lowest BCUT2D eigenvalue weighted by Crippen LogP contribution is -2.25. The molecule has 2 amide bonds. The molecule has 0 bridgehead atoms. The smallest absolute Gasteiger partial charge is 0.273 e. The van der Waals surface area contributed by atoms with Crippen LogP contribution in [0.1, 0.15) is 52.4 Å². The van der Waals surface area contributed by atoms with Crippen molar-refractivity contribution >= 4 is 17.5 Å². The summed E-state index contributed by atoms with van der Waals surface area (Å²) in [5.74, 6) is 1.14. The normalized spacial score (nSPS) is 10.7. The van der Waals surface area contributed by atoms with Gasteiger partial charge in [0.15, 0.2) is 11.5 Å². The van der Waals surface area contributed by atoms with Crippen LogP contribution in [0.4, 0.5) is 5.69 Å². The fourth-order valence-corrected chi connectivity index (χ4v) is 2.75. The van der Waals surface area contributed by atoms with Crippen molar-refractivity contribution in [2.24, 2.45) is 5.92 Å². The molecular weight excluding hydrogens is 394 g/mol. The van der Waals surface area contributed by atoms with E-state index in [9.17, 15) is 9.59 Å². The van der Waals surface area contributed by atoms with Crippen LogP contribution in [0, 0.1) is 12.8 Å². The highest BCUT2D eigenvalue weighted by molar-refractivity contribution is 6.04. The molecule has 0 saturated heterocycles. The summed E-state index contributed by atoms with van der Waals surface area (Å²) in [6.45, 7) is 6.91. The Kier molecular flexibility index (Phi) is 7.43. The molecule has 3 rings (SSSR count). The Hall–Kier alpha value is -3.61. The minimum Gasteiger partial charge on any atom is -0.486 e. The van der Waals surface area contributed by atoms with Crippen molar-refractivity contribution in [3.05, 3.63) is 77.2 Å². The van der Waals surface area contributed by atoms with Crippen molar-refractivity contribution < 1.29 is 18.8 Å². The highest BCUT2D eigenvalue weighted by atomic mass is 16.5. The Morgan fingerprint density at radius 1 is 1.03 bits per heavy atom. The van der Waals surface area contributed by atoms with Crippen LogP contribution in [0.5, 0.6) is 5.75 Å². The van der Waals surface area contributed by atoms with Gasteiger partial charge < -0.3 is 19.9 Å². The zero-order chi connectivity index (χ0) is 22.2. The van der Waals surface area contributed by atoms with Crippen molar-refractivity contribution in [1.82, 2.24) is 10.5 Å². The van der Waals surface area contributed by atoms with Crippen molar-refractivity contribution in [2.45, 2.75) is 33.8 Å². The molecule has 2 N–H and O–H groups in total. The molecule has 1 heterocycles. The minimum atomic E-state index is -0.260. The molecule has 0 saturated carbocycles. The molecule has 0 radical (unpaired) electrons. The highest BCUT2D eigenvalue weighted by Crippen LogP contribution is 2.18. The number of carbonyl (C=O) groups is 2. The first-order valence-electron chi connectivity index (χ1n) is 10.3. The summed E-state index contributed by atoms with van der Waals surface area (Å²) in [6.07, 6.45) is 0.904. The molecule has 0 unspecified atom stereocenters. The zero-order valence-electron chi connectivity index (χ0n) is 18.0. The number of amides is 2. The lowest BCUT2D eigenvalue weighted by molar-refractivity contribution is 0.0941. The van der Waals surface area contributed by atoms with Gasteiger partial charge in [-0.2, -0.15) is 0 Å². The predicted molar refractivity (Wildman–Crippen MR) is 118 cm³/mol. The minimum absolute atomic E-state index is 0.140. The van der Waals surface area contributed by atoms with Gasteiger partial charge in [-0.1, -0.05) is 36.7 Å². The van der Waals surface area contributed by atoms with E-state index in [1.54, 1.807) is 42.5 Å². The number of hydrogen-bond acceptors (Lipinski definition) is 5. The van der Waals surface area contributed by atoms with Crippen LogP contribution in [0.2, 0.25) is 0 Å². The number of benzene rings is 2. The second-order valence-electron chi connectivity index (χ2n) is 7.75. The van der Waals surface area contributed by atoms with Crippen LogP contribution in [0.25, 0.3) is 0 Å². The van der Waals surface area contributed by atoms with Gasteiger partial charge in [-0.3, -0.25) is 9.59 Å². The molecule has 162 valence electrons. The molecule has 0 spiro atoms. The fraction of sp³-hybridized carbons (Fsp3) is 0.292. The van der Waals surface area contributed by atoms with Gasteiger partial charge in [0, 0.05) is 23.9 Å². The van der Waals surface area contributed by atoms with Gasteiger partial charge in [0.2, 0.25) is 0 Å². The molecule has 0 aliphatic carbocycles. The Balaban J connectivity index is 1.48. The maximum Gasteiger partial charge on any atom is 0.273 e. The summed E-state index contributed by atoms with van der Waals surface area (Å²) in [5.41, 5.74) is 2.60. The van der Waals surface area contributed by atoms with E-state index in [-0.39, 0.29) is 24.1 Å². The van der Waals surface area contributed by atoms with Crippen LogP contribution < -0.4 is 15.4 Å². The SMILES string of the molecule is Cc1ccc(C(=O)Nc2ccc(OCc3cc(C(=O)NCCC(C)C)no3)cc2)cc1. The topological polar surface area (TPSA) is 93.5 Å². The number of hydrogen-bond donors (Lipinski definition) is 2. The molecular formula is C24H27N3O4. The average Bonchev–Trinajstić information content (AvgIpc) is 3.22. The van der Waals surface area contributed by atoms with Crippen molar-refractivity contribution in [3.8, 4) is 5.75 Å². The molecule has 7 nitrogen and oxygen atoms in total. The largest absolute Gasteiger partial charge is 0.486 e. The summed E-state index contributed by atoms with van der Waals surface area (Å²) >= 11 is 0. The Bertz CT molecular complexity index is 1010. The monoisotopic (exact) mass is 421 g/mol. The maximum absolute atomic E-state index is 12.3. The van der Waals surface area contributed by atoms with Crippen LogP contribution in [-0.4, -0.2) is 23.5 Å². The lowest BCUT2D eigenvalue weighted by atomic mass is 10.1. The summed E-state index contributed by atoms with van der Waals surface area (Å²) in [5, 5.41) is 9.46. The molecule has 7 heteroatoms. The van der Waals surface area contributed by atoms with Crippen molar-refractivity contribution in [2.75, 3.05) is 11.9 Å². The lowest BCUT2D eigenvalue weighted by Gasteiger charge is -2.07. The number of anilines is 1. The molecule has 0 atom stereocenters. The predicted octanol–water partition coefficient (Wildman–Crippen LogP) is 4.59. The van der Waals surface area contributed by atoms with E-state index in [4.69, 9.17) is 9.26 Å². The Morgan fingerprint density at radius 2 is 1.74 bits per heavy atom. The van der Waals surface area contributed by atoms with E-state index in [1.807, 2.05) is 19.1 Å². The molecule has 0 aliphatic heterocycles. The summed E-state index contributed by atoms with van der Waals surface area (Å²) in [4.78, 5) is 24.3. The quantitative estimate of drug-likeness (QED) is 0.527. The number of nitrogens with one attached hydrogen (secondary N) is 2. The third-order valence-electron chi connectivity index (χ3n) is 4.61. The molecule has 2 aromatic carbocycles. The van der Waals surface area contributed by atoms with Gasteiger partial charge in [0.25, 0.3) is 11.8 Å². The Morgan fingerprint density at radius 3 is 2.42 bits per heavy atom. The molecule has 0 fully saturated rings. The summed E-state index contributed by atoms with van der Waals surface area (Å²) in [6, 6.07) is 16.0. The number of aryl methyl sites for hydroxylation is 1. The maximum atomic E-state index is 12.3. The zero-order valence-corrected chi connectivity index (χ0v) is 18.0. The number of aromatic nitrogens is 1. The van der Waals surface area contributed by atoms with Crippen LogP contribution >= 0.6 is 0 Å². The van der Waals surface area contributed by atoms with E-state index in [1.165, 1.54) is 0 Å². The van der Waals surface area contributed by atoms with Gasteiger partial charge in [0.1, 0.15) is 12.4 Å². The second-order valence-corrected chi connectivity index (χ2v) is 7.75. The number of carbonyl (C=O) groups excluding carboxylic acids is 2. The molecule has 31 heavy (non-hydrogen) atoms. The third-order valence-corrected chi connectivity index (χ3v) is 4.61. The van der Waals surface area contributed by atoms with Crippen LogP contribution in [0.15, 0.2) is 59.1 Å². The van der Waals surface area contributed by atoms with E-state index in [0.29, 0.717) is 35.2 Å².